The number of hydrogen-bond donors (Lipinski definition) is 2. The minimum atomic E-state index is -0.181. The molecule has 1 fully saturated rings. The highest BCUT2D eigenvalue weighted by atomic mass is 19.1. The summed E-state index contributed by atoms with van der Waals surface area (Å²) >= 11 is 0. The first kappa shape index (κ1) is 27.4. The van der Waals surface area contributed by atoms with Crippen molar-refractivity contribution in [3.8, 4) is 5.75 Å². The highest BCUT2D eigenvalue weighted by Crippen LogP contribution is 2.32. The van der Waals surface area contributed by atoms with E-state index >= 15 is 0 Å². The third kappa shape index (κ3) is 6.60. The lowest BCUT2D eigenvalue weighted by Crippen LogP contribution is -2.48. The Hall–Kier alpha value is -3.75. The van der Waals surface area contributed by atoms with E-state index < -0.39 is 0 Å². The van der Waals surface area contributed by atoms with Gasteiger partial charge in [0.2, 0.25) is 0 Å². The van der Waals surface area contributed by atoms with Gasteiger partial charge in [-0.05, 0) is 62.2 Å². The van der Waals surface area contributed by atoms with Crippen molar-refractivity contribution in [2.45, 2.75) is 39.0 Å². The summed E-state index contributed by atoms with van der Waals surface area (Å²) in [6, 6.07) is 21.7. The number of rotatable bonds is 10. The number of anilines is 3. The molecule has 0 bridgehead atoms. The average Bonchev–Trinajstić information content (AvgIpc) is 3.59. The van der Waals surface area contributed by atoms with E-state index in [4.69, 9.17) is 9.57 Å². The Kier molecular flexibility index (Phi) is 8.30. The molecule has 0 aliphatic carbocycles. The van der Waals surface area contributed by atoms with Crippen LogP contribution in [0.25, 0.3) is 0 Å². The van der Waals surface area contributed by atoms with E-state index in [9.17, 15) is 4.39 Å². The molecule has 1 unspecified atom stereocenters. The standard InChI is InChI=1S/C33H40FN5O2/c1-24(2)40-33-10-6-5-9-31(33)38-17-15-37(16-18-38)23-29-19-28(36-41-29)22-39-14-13-25-11-12-27(20-32(25)39)35-21-26-7-3-4-8-30(26)34/h3-12,19-20,24,29,35-36H,13-18,21-23H2,1-2H3. The van der Waals surface area contributed by atoms with Crippen molar-refractivity contribution in [2.24, 2.45) is 0 Å². The summed E-state index contributed by atoms with van der Waals surface area (Å²) in [5.74, 6) is 0.781. The number of para-hydroxylation sites is 2. The smallest absolute Gasteiger partial charge is 0.142 e. The molecule has 2 N–H and O–H groups in total. The molecular weight excluding hydrogens is 517 g/mol. The van der Waals surface area contributed by atoms with Gasteiger partial charge in [-0.15, -0.1) is 0 Å². The van der Waals surface area contributed by atoms with Crippen molar-refractivity contribution in [3.05, 3.63) is 95.4 Å². The number of piperazine rings is 1. The molecule has 0 aromatic heterocycles. The number of benzene rings is 3. The van der Waals surface area contributed by atoms with Gasteiger partial charge in [-0.2, -0.15) is 0 Å². The number of hydrogen-bond acceptors (Lipinski definition) is 7. The summed E-state index contributed by atoms with van der Waals surface area (Å²) in [5.41, 5.74) is 9.71. The lowest BCUT2D eigenvalue weighted by molar-refractivity contribution is 0.0199. The first-order valence-electron chi connectivity index (χ1n) is 14.7. The summed E-state index contributed by atoms with van der Waals surface area (Å²) in [6.45, 7) is 11.1. The fraction of sp³-hybridized carbons (Fsp3) is 0.394. The molecule has 1 saturated heterocycles. The fourth-order valence-electron chi connectivity index (χ4n) is 5.88. The van der Waals surface area contributed by atoms with Gasteiger partial charge in [-0.25, -0.2) is 4.39 Å². The first-order valence-corrected chi connectivity index (χ1v) is 14.7. The number of nitrogens with zero attached hydrogens (tertiary/aromatic N) is 3. The maximum absolute atomic E-state index is 14.0. The number of fused-ring (bicyclic) bond motifs is 1. The summed E-state index contributed by atoms with van der Waals surface area (Å²) in [7, 11) is 0. The molecule has 6 rings (SSSR count). The highest BCUT2D eigenvalue weighted by molar-refractivity contribution is 5.66. The van der Waals surface area contributed by atoms with Gasteiger partial charge in [-0.1, -0.05) is 36.4 Å². The first-order chi connectivity index (χ1) is 20.0. The molecule has 0 radical (unpaired) electrons. The Morgan fingerprint density at radius 2 is 1.78 bits per heavy atom. The molecule has 0 amide bonds. The van der Waals surface area contributed by atoms with Gasteiger partial charge in [0.25, 0.3) is 0 Å². The topological polar surface area (TPSA) is 52.2 Å². The van der Waals surface area contributed by atoms with E-state index in [-0.39, 0.29) is 18.0 Å². The van der Waals surface area contributed by atoms with Gasteiger partial charge < -0.3 is 19.9 Å². The molecule has 1 atom stereocenters. The van der Waals surface area contributed by atoms with Gasteiger partial charge in [0.05, 0.1) is 24.0 Å². The zero-order chi connectivity index (χ0) is 28.2. The van der Waals surface area contributed by atoms with E-state index in [1.54, 1.807) is 6.07 Å². The van der Waals surface area contributed by atoms with Crippen molar-refractivity contribution in [2.75, 3.05) is 60.9 Å². The second-order valence-corrected chi connectivity index (χ2v) is 11.3. The van der Waals surface area contributed by atoms with E-state index in [1.807, 2.05) is 18.2 Å². The van der Waals surface area contributed by atoms with Gasteiger partial charge in [0.1, 0.15) is 17.7 Å². The number of ether oxygens (including phenoxy) is 1. The van der Waals surface area contributed by atoms with Crippen LogP contribution in [0.1, 0.15) is 25.0 Å². The normalized spacial score (nSPS) is 18.8. The largest absolute Gasteiger partial charge is 0.489 e. The Balaban J connectivity index is 1.01. The molecular formula is C33H40FN5O2. The summed E-state index contributed by atoms with van der Waals surface area (Å²) in [4.78, 5) is 13.3. The third-order valence-electron chi connectivity index (χ3n) is 7.99. The minimum absolute atomic E-state index is 0.0314. The molecule has 216 valence electrons. The van der Waals surface area contributed by atoms with Crippen molar-refractivity contribution < 1.29 is 14.0 Å². The van der Waals surface area contributed by atoms with Crippen molar-refractivity contribution >= 4 is 17.1 Å². The van der Waals surface area contributed by atoms with Crippen LogP contribution in [0.4, 0.5) is 21.5 Å². The monoisotopic (exact) mass is 557 g/mol. The van der Waals surface area contributed by atoms with Gasteiger partial charge in [0, 0.05) is 62.8 Å². The molecule has 8 heteroatoms. The van der Waals surface area contributed by atoms with Crippen molar-refractivity contribution in [1.82, 2.24) is 10.4 Å². The molecule has 3 aromatic carbocycles. The van der Waals surface area contributed by atoms with E-state index in [2.05, 4.69) is 81.8 Å². The van der Waals surface area contributed by atoms with E-state index in [1.165, 1.54) is 23.0 Å². The number of halogens is 1. The second kappa shape index (κ2) is 12.4. The van der Waals surface area contributed by atoms with E-state index in [0.29, 0.717) is 12.1 Å². The summed E-state index contributed by atoms with van der Waals surface area (Å²) < 4.78 is 20.1. The average molecular weight is 558 g/mol. The molecule has 3 aliphatic heterocycles. The van der Waals surface area contributed by atoms with Crippen LogP contribution in [0, 0.1) is 5.82 Å². The maximum atomic E-state index is 14.0. The van der Waals surface area contributed by atoms with Gasteiger partial charge >= 0.3 is 0 Å². The van der Waals surface area contributed by atoms with Crippen LogP contribution in [-0.4, -0.2) is 62.9 Å². The van der Waals surface area contributed by atoms with Crippen LogP contribution in [0.3, 0.4) is 0 Å². The highest BCUT2D eigenvalue weighted by Gasteiger charge is 2.27. The third-order valence-corrected chi connectivity index (χ3v) is 7.99. The minimum Gasteiger partial charge on any atom is -0.489 e. The molecule has 41 heavy (non-hydrogen) atoms. The molecule has 3 heterocycles. The zero-order valence-corrected chi connectivity index (χ0v) is 24.0. The number of nitrogens with one attached hydrogen (secondary N) is 2. The molecule has 3 aliphatic rings. The summed E-state index contributed by atoms with van der Waals surface area (Å²) in [6.07, 6.45) is 3.44. The fourth-order valence-corrected chi connectivity index (χ4v) is 5.88. The Labute approximate surface area is 242 Å². The number of hydroxylamine groups is 1. The Morgan fingerprint density at radius 1 is 0.976 bits per heavy atom. The molecule has 0 spiro atoms. The Morgan fingerprint density at radius 3 is 2.61 bits per heavy atom. The predicted octanol–water partition coefficient (Wildman–Crippen LogP) is 5.20. The van der Waals surface area contributed by atoms with Crippen LogP contribution in [0.15, 0.2) is 78.5 Å². The van der Waals surface area contributed by atoms with Crippen LogP contribution in [-0.2, 0) is 17.8 Å². The molecule has 3 aromatic rings. The lowest BCUT2D eigenvalue weighted by Gasteiger charge is -2.37. The quantitative estimate of drug-likeness (QED) is 0.356. The second-order valence-electron chi connectivity index (χ2n) is 11.3. The van der Waals surface area contributed by atoms with E-state index in [0.717, 1.165) is 69.4 Å². The maximum Gasteiger partial charge on any atom is 0.142 e. The van der Waals surface area contributed by atoms with Gasteiger partial charge in [0.15, 0.2) is 0 Å². The predicted molar refractivity (Wildman–Crippen MR) is 163 cm³/mol. The van der Waals surface area contributed by atoms with Crippen molar-refractivity contribution in [3.63, 3.8) is 0 Å². The van der Waals surface area contributed by atoms with Crippen LogP contribution in [0.2, 0.25) is 0 Å². The zero-order valence-electron chi connectivity index (χ0n) is 24.0. The Bertz CT molecular complexity index is 1370. The SMILES string of the molecule is CC(C)Oc1ccccc1N1CCN(CC2C=C(CN3CCc4ccc(NCc5ccccc5F)cc43)NO2)CC1. The van der Waals surface area contributed by atoms with Crippen molar-refractivity contribution in [1.29, 1.82) is 0 Å². The van der Waals surface area contributed by atoms with Gasteiger partial charge in [-0.3, -0.25) is 15.2 Å². The van der Waals surface area contributed by atoms with Crippen LogP contribution in [0.5, 0.6) is 5.75 Å². The lowest BCUT2D eigenvalue weighted by atomic mass is 10.1. The van der Waals surface area contributed by atoms with Crippen LogP contribution >= 0.6 is 0 Å². The van der Waals surface area contributed by atoms with Crippen LogP contribution < -0.4 is 25.3 Å². The summed E-state index contributed by atoms with van der Waals surface area (Å²) in [5, 5.41) is 3.39. The molecule has 0 saturated carbocycles. The molecule has 7 nitrogen and oxygen atoms in total.